The van der Waals surface area contributed by atoms with Crippen LogP contribution in [0, 0.1) is 5.92 Å². The lowest BCUT2D eigenvalue weighted by Crippen LogP contribution is -2.38. The fourth-order valence-electron chi connectivity index (χ4n) is 1.40. The maximum atomic E-state index is 12.3. The summed E-state index contributed by atoms with van der Waals surface area (Å²) in [5.41, 5.74) is 5.90. The first-order valence-corrected chi connectivity index (χ1v) is 6.90. The molecule has 1 unspecified atom stereocenters. The van der Waals surface area contributed by atoms with Crippen molar-refractivity contribution in [1.82, 2.24) is 9.29 Å². The Morgan fingerprint density at radius 2 is 1.94 bits per heavy atom. The Morgan fingerprint density at radius 1 is 1.35 bits per heavy atom. The first kappa shape index (κ1) is 13.9. The molecule has 0 saturated heterocycles. The third kappa shape index (κ3) is 2.76. The van der Waals surface area contributed by atoms with Gasteiger partial charge >= 0.3 is 0 Å². The molecule has 0 saturated carbocycles. The van der Waals surface area contributed by atoms with Gasteiger partial charge in [-0.2, -0.15) is 4.31 Å². The van der Waals surface area contributed by atoms with Gasteiger partial charge in [-0.3, -0.25) is 4.98 Å². The maximum Gasteiger partial charge on any atom is 0.246 e. The lowest BCUT2D eigenvalue weighted by atomic mass is 10.1. The Bertz CT molecular complexity index is 485. The highest BCUT2D eigenvalue weighted by molar-refractivity contribution is 7.89. The molecule has 1 aromatic heterocycles. The van der Waals surface area contributed by atoms with Gasteiger partial charge in [0.05, 0.1) is 5.69 Å². The van der Waals surface area contributed by atoms with Crippen LogP contribution < -0.4 is 5.73 Å². The second-order valence-corrected chi connectivity index (χ2v) is 6.39. The van der Waals surface area contributed by atoms with Crippen molar-refractivity contribution in [3.63, 3.8) is 0 Å². The van der Waals surface area contributed by atoms with E-state index in [9.17, 15) is 8.42 Å². The summed E-state index contributed by atoms with van der Waals surface area (Å²) < 4.78 is 25.9. The Kier molecular flexibility index (Phi) is 4.11. The second kappa shape index (κ2) is 5.01. The molecule has 1 atom stereocenters. The van der Waals surface area contributed by atoms with Crippen molar-refractivity contribution in [3.8, 4) is 0 Å². The van der Waals surface area contributed by atoms with Crippen LogP contribution in [0.4, 0.5) is 5.69 Å². The quantitative estimate of drug-likeness (QED) is 0.882. The zero-order valence-electron chi connectivity index (χ0n) is 10.6. The molecule has 0 aliphatic carbocycles. The van der Waals surface area contributed by atoms with E-state index in [1.165, 1.54) is 22.8 Å². The van der Waals surface area contributed by atoms with Gasteiger partial charge in [-0.1, -0.05) is 13.8 Å². The van der Waals surface area contributed by atoms with Gasteiger partial charge < -0.3 is 5.73 Å². The number of nitrogen functional groups attached to an aromatic ring is 1. The third-order valence-corrected chi connectivity index (χ3v) is 5.00. The van der Waals surface area contributed by atoms with Crippen LogP contribution in [0.2, 0.25) is 0 Å². The van der Waals surface area contributed by atoms with E-state index in [0.717, 1.165) is 0 Å². The zero-order chi connectivity index (χ0) is 13.2. The van der Waals surface area contributed by atoms with Gasteiger partial charge in [-0.25, -0.2) is 8.42 Å². The van der Waals surface area contributed by atoms with E-state index < -0.39 is 10.0 Å². The van der Waals surface area contributed by atoms with Crippen molar-refractivity contribution in [1.29, 1.82) is 0 Å². The summed E-state index contributed by atoms with van der Waals surface area (Å²) in [6.45, 7) is 5.82. The molecule has 2 N–H and O–H groups in total. The molecule has 0 bridgehead atoms. The van der Waals surface area contributed by atoms with E-state index in [2.05, 4.69) is 4.98 Å². The molecule has 6 heteroatoms. The summed E-state index contributed by atoms with van der Waals surface area (Å²) in [6, 6.07) is 1.39. The van der Waals surface area contributed by atoms with Gasteiger partial charge in [-0.15, -0.1) is 0 Å². The van der Waals surface area contributed by atoms with E-state index in [0.29, 0.717) is 0 Å². The van der Waals surface area contributed by atoms with Crippen LogP contribution in [-0.2, 0) is 10.0 Å². The molecule has 0 spiro atoms. The van der Waals surface area contributed by atoms with Crippen LogP contribution in [0.5, 0.6) is 0 Å². The number of hydrogen-bond acceptors (Lipinski definition) is 4. The van der Waals surface area contributed by atoms with Gasteiger partial charge in [0.1, 0.15) is 4.90 Å². The monoisotopic (exact) mass is 257 g/mol. The average molecular weight is 257 g/mol. The molecule has 5 nitrogen and oxygen atoms in total. The molecule has 0 aliphatic heterocycles. The first-order chi connectivity index (χ1) is 7.78. The normalized spacial score (nSPS) is 14.2. The number of hydrogen-bond donors (Lipinski definition) is 1. The van der Waals surface area contributed by atoms with Gasteiger partial charge in [0.2, 0.25) is 10.0 Å². The molecular weight excluding hydrogens is 238 g/mol. The largest absolute Gasteiger partial charge is 0.398 e. The molecule has 0 aromatic carbocycles. The molecule has 1 aromatic rings. The van der Waals surface area contributed by atoms with E-state index in [-0.39, 0.29) is 22.5 Å². The number of rotatable bonds is 4. The second-order valence-electron chi connectivity index (χ2n) is 4.42. The Hall–Kier alpha value is -1.14. The van der Waals surface area contributed by atoms with Gasteiger partial charge in [-0.05, 0) is 18.9 Å². The molecule has 17 heavy (non-hydrogen) atoms. The van der Waals surface area contributed by atoms with Crippen molar-refractivity contribution in [2.75, 3.05) is 12.8 Å². The molecular formula is C11H19N3O2S. The van der Waals surface area contributed by atoms with Crippen molar-refractivity contribution in [3.05, 3.63) is 18.5 Å². The lowest BCUT2D eigenvalue weighted by molar-refractivity contribution is 0.316. The first-order valence-electron chi connectivity index (χ1n) is 5.46. The SMILES string of the molecule is CC(C)C(C)N(C)S(=O)(=O)c1cnccc1N. The minimum atomic E-state index is -3.57. The van der Waals surface area contributed by atoms with Gasteiger partial charge in [0, 0.05) is 25.5 Å². The van der Waals surface area contributed by atoms with Crippen LogP contribution in [0.15, 0.2) is 23.4 Å². The fourth-order valence-corrected chi connectivity index (χ4v) is 2.95. The van der Waals surface area contributed by atoms with Crippen LogP contribution in [0.1, 0.15) is 20.8 Å². The van der Waals surface area contributed by atoms with E-state index in [1.54, 1.807) is 7.05 Å². The van der Waals surface area contributed by atoms with Crippen LogP contribution in [0.3, 0.4) is 0 Å². The molecule has 1 heterocycles. The summed E-state index contributed by atoms with van der Waals surface area (Å²) in [5, 5.41) is 0. The number of sulfonamides is 1. The summed E-state index contributed by atoms with van der Waals surface area (Å²) in [7, 11) is -2.01. The Balaban J connectivity index is 3.17. The Morgan fingerprint density at radius 3 is 2.41 bits per heavy atom. The minimum absolute atomic E-state index is 0.0648. The number of nitrogens with two attached hydrogens (primary N) is 1. The molecule has 96 valence electrons. The fraction of sp³-hybridized carbons (Fsp3) is 0.545. The number of aromatic nitrogens is 1. The van der Waals surface area contributed by atoms with Crippen molar-refractivity contribution in [2.24, 2.45) is 5.92 Å². The maximum absolute atomic E-state index is 12.3. The highest BCUT2D eigenvalue weighted by atomic mass is 32.2. The predicted molar refractivity (Wildman–Crippen MR) is 67.9 cm³/mol. The summed E-state index contributed by atoms with van der Waals surface area (Å²) >= 11 is 0. The molecule has 0 amide bonds. The average Bonchev–Trinajstić information content (AvgIpc) is 2.27. The van der Waals surface area contributed by atoms with Crippen LogP contribution in [-0.4, -0.2) is 30.8 Å². The van der Waals surface area contributed by atoms with E-state index >= 15 is 0 Å². The number of anilines is 1. The van der Waals surface area contributed by atoms with E-state index in [1.807, 2.05) is 20.8 Å². The van der Waals surface area contributed by atoms with Crippen molar-refractivity contribution < 1.29 is 8.42 Å². The molecule has 0 fully saturated rings. The summed E-state index contributed by atoms with van der Waals surface area (Å²) in [5.74, 6) is 0.229. The highest BCUT2D eigenvalue weighted by Crippen LogP contribution is 2.23. The van der Waals surface area contributed by atoms with Crippen LogP contribution in [0.25, 0.3) is 0 Å². The van der Waals surface area contributed by atoms with Gasteiger partial charge in [0.25, 0.3) is 0 Å². The summed E-state index contributed by atoms with van der Waals surface area (Å²) in [6.07, 6.45) is 2.76. The number of nitrogens with zero attached hydrogens (tertiary/aromatic N) is 2. The third-order valence-electron chi connectivity index (χ3n) is 3.01. The lowest BCUT2D eigenvalue weighted by Gasteiger charge is -2.27. The standard InChI is InChI=1S/C11H19N3O2S/c1-8(2)9(3)14(4)17(15,16)11-7-13-6-5-10(11)12/h5-9H,1-4H3,(H2,12,13). The molecule has 1 rings (SSSR count). The van der Waals surface area contributed by atoms with Crippen molar-refractivity contribution in [2.45, 2.75) is 31.7 Å². The van der Waals surface area contributed by atoms with E-state index in [4.69, 9.17) is 5.73 Å². The number of pyridine rings is 1. The minimum Gasteiger partial charge on any atom is -0.398 e. The van der Waals surface area contributed by atoms with Crippen LogP contribution >= 0.6 is 0 Å². The topological polar surface area (TPSA) is 76.3 Å². The molecule has 0 radical (unpaired) electrons. The smallest absolute Gasteiger partial charge is 0.246 e. The highest BCUT2D eigenvalue weighted by Gasteiger charge is 2.28. The van der Waals surface area contributed by atoms with Crippen molar-refractivity contribution >= 4 is 15.7 Å². The zero-order valence-corrected chi connectivity index (χ0v) is 11.4. The van der Waals surface area contributed by atoms with Gasteiger partial charge in [0.15, 0.2) is 0 Å². The Labute approximate surface area is 103 Å². The molecule has 0 aliphatic rings. The summed E-state index contributed by atoms with van der Waals surface area (Å²) in [4.78, 5) is 3.88. The predicted octanol–water partition coefficient (Wildman–Crippen LogP) is 1.33.